The highest BCUT2D eigenvalue weighted by atomic mass is 32.1. The van der Waals surface area contributed by atoms with E-state index in [-0.39, 0.29) is 17.0 Å². The van der Waals surface area contributed by atoms with Crippen molar-refractivity contribution in [1.82, 2.24) is 4.98 Å². The van der Waals surface area contributed by atoms with Crippen LogP contribution in [0.5, 0.6) is 5.75 Å². The zero-order chi connectivity index (χ0) is 14.0. The normalized spacial score (nSPS) is 10.2. The maximum Gasteiger partial charge on any atom is 0.282 e. The van der Waals surface area contributed by atoms with E-state index in [9.17, 15) is 20.0 Å². The van der Waals surface area contributed by atoms with E-state index in [1.54, 1.807) is 12.3 Å². The van der Waals surface area contributed by atoms with Crippen LogP contribution in [-0.2, 0) is 0 Å². The summed E-state index contributed by atoms with van der Waals surface area (Å²) in [5.41, 5.74) is 0.159. The van der Waals surface area contributed by atoms with Crippen molar-refractivity contribution in [3.63, 3.8) is 0 Å². The Balaban J connectivity index is 2.32. The van der Waals surface area contributed by atoms with E-state index in [0.29, 0.717) is 5.13 Å². The van der Waals surface area contributed by atoms with E-state index < -0.39 is 10.8 Å². The van der Waals surface area contributed by atoms with Crippen LogP contribution in [0.4, 0.5) is 10.8 Å². The molecule has 0 spiro atoms. The number of carbonyl (C=O) groups excluding carboxylic acids is 1. The van der Waals surface area contributed by atoms with Gasteiger partial charge in [0.15, 0.2) is 5.13 Å². The van der Waals surface area contributed by atoms with Crippen molar-refractivity contribution in [1.29, 1.82) is 0 Å². The number of nitrogens with zero attached hydrogens (tertiary/aromatic N) is 2. The highest BCUT2D eigenvalue weighted by Crippen LogP contribution is 2.25. The molecule has 1 aromatic carbocycles. The molecule has 0 aliphatic rings. The number of hydrogen-bond donors (Lipinski definition) is 2. The van der Waals surface area contributed by atoms with Crippen molar-refractivity contribution < 1.29 is 14.8 Å². The van der Waals surface area contributed by atoms with E-state index >= 15 is 0 Å². The SMILES string of the molecule is Cc1csc(NC(=O)c2cc(O)ccc2[N+](=O)[O-])n1. The molecule has 8 heteroatoms. The molecule has 19 heavy (non-hydrogen) atoms. The van der Waals surface area contributed by atoms with Crippen LogP contribution < -0.4 is 5.32 Å². The number of carbonyl (C=O) groups is 1. The van der Waals surface area contributed by atoms with E-state index in [2.05, 4.69) is 10.3 Å². The topological polar surface area (TPSA) is 105 Å². The maximum absolute atomic E-state index is 11.9. The highest BCUT2D eigenvalue weighted by molar-refractivity contribution is 7.13. The number of hydrogen-bond acceptors (Lipinski definition) is 6. The molecule has 0 radical (unpaired) electrons. The number of thiazole rings is 1. The van der Waals surface area contributed by atoms with Gasteiger partial charge in [0.1, 0.15) is 11.3 Å². The number of amides is 1. The maximum atomic E-state index is 11.9. The van der Waals surface area contributed by atoms with Crippen molar-refractivity contribution in [3.05, 3.63) is 45.0 Å². The molecule has 0 bridgehead atoms. The van der Waals surface area contributed by atoms with Crippen molar-refractivity contribution >= 4 is 28.1 Å². The molecule has 1 aromatic heterocycles. The van der Waals surface area contributed by atoms with E-state index in [1.807, 2.05) is 0 Å². The summed E-state index contributed by atoms with van der Waals surface area (Å²) in [5.74, 6) is -0.900. The number of aryl methyl sites for hydroxylation is 1. The summed E-state index contributed by atoms with van der Waals surface area (Å²) < 4.78 is 0. The Morgan fingerprint density at radius 1 is 1.53 bits per heavy atom. The van der Waals surface area contributed by atoms with Crippen LogP contribution >= 0.6 is 11.3 Å². The first-order valence-electron chi connectivity index (χ1n) is 5.18. The van der Waals surface area contributed by atoms with Gasteiger partial charge in [-0.1, -0.05) is 0 Å². The molecule has 0 atom stereocenters. The Kier molecular flexibility index (Phi) is 3.43. The summed E-state index contributed by atoms with van der Waals surface area (Å²) >= 11 is 1.22. The predicted molar refractivity (Wildman–Crippen MR) is 69.6 cm³/mol. The number of aromatic nitrogens is 1. The second-order valence-corrected chi connectivity index (χ2v) is 4.56. The first-order chi connectivity index (χ1) is 8.97. The minimum atomic E-state index is -0.683. The minimum Gasteiger partial charge on any atom is -0.508 e. The van der Waals surface area contributed by atoms with Gasteiger partial charge in [0, 0.05) is 11.4 Å². The molecule has 0 saturated heterocycles. The van der Waals surface area contributed by atoms with Gasteiger partial charge < -0.3 is 5.11 Å². The zero-order valence-electron chi connectivity index (χ0n) is 9.78. The molecule has 7 nitrogen and oxygen atoms in total. The van der Waals surface area contributed by atoms with Gasteiger partial charge in [-0.2, -0.15) is 0 Å². The molecule has 0 aliphatic heterocycles. The summed E-state index contributed by atoms with van der Waals surface area (Å²) in [6.45, 7) is 1.77. The van der Waals surface area contributed by atoms with E-state index in [4.69, 9.17) is 0 Å². The Morgan fingerprint density at radius 3 is 2.84 bits per heavy atom. The zero-order valence-corrected chi connectivity index (χ0v) is 10.6. The fraction of sp³-hybridized carbons (Fsp3) is 0.0909. The van der Waals surface area contributed by atoms with Crippen molar-refractivity contribution in [2.45, 2.75) is 6.92 Å². The molecule has 0 fully saturated rings. The molecule has 2 N–H and O–H groups in total. The van der Waals surface area contributed by atoms with Gasteiger partial charge in [0.25, 0.3) is 11.6 Å². The molecule has 0 aliphatic carbocycles. The molecule has 0 unspecified atom stereocenters. The van der Waals surface area contributed by atoms with Gasteiger partial charge in [0.2, 0.25) is 0 Å². The third-order valence-corrected chi connectivity index (χ3v) is 3.14. The van der Waals surface area contributed by atoms with E-state index in [1.165, 1.54) is 11.3 Å². The largest absolute Gasteiger partial charge is 0.508 e. The van der Waals surface area contributed by atoms with Gasteiger partial charge in [-0.15, -0.1) is 11.3 Å². The number of nitro benzene ring substituents is 1. The minimum absolute atomic E-state index is 0.210. The van der Waals surface area contributed by atoms with Crippen LogP contribution in [0.2, 0.25) is 0 Å². The highest BCUT2D eigenvalue weighted by Gasteiger charge is 2.21. The van der Waals surface area contributed by atoms with Crippen LogP contribution in [0.1, 0.15) is 16.1 Å². The molecule has 2 rings (SSSR count). The van der Waals surface area contributed by atoms with E-state index in [0.717, 1.165) is 23.9 Å². The lowest BCUT2D eigenvalue weighted by Gasteiger charge is -2.03. The molecule has 98 valence electrons. The summed E-state index contributed by atoms with van der Waals surface area (Å²) in [7, 11) is 0. The van der Waals surface area contributed by atoms with Gasteiger partial charge >= 0.3 is 0 Å². The molecule has 0 saturated carbocycles. The number of rotatable bonds is 3. The average Bonchev–Trinajstić information content (AvgIpc) is 2.74. The first kappa shape index (κ1) is 13.0. The third kappa shape index (κ3) is 2.86. The molecule has 2 aromatic rings. The first-order valence-corrected chi connectivity index (χ1v) is 6.06. The van der Waals surface area contributed by atoms with Gasteiger partial charge in [-0.3, -0.25) is 20.2 Å². The van der Waals surface area contributed by atoms with Crippen molar-refractivity contribution in [2.75, 3.05) is 5.32 Å². The Labute approximate surface area is 111 Å². The number of nitrogens with one attached hydrogen (secondary N) is 1. The second kappa shape index (κ2) is 5.02. The lowest BCUT2D eigenvalue weighted by atomic mass is 10.1. The van der Waals surface area contributed by atoms with Crippen molar-refractivity contribution in [2.24, 2.45) is 0 Å². The Hall–Kier alpha value is -2.48. The second-order valence-electron chi connectivity index (χ2n) is 3.71. The number of aromatic hydroxyl groups is 1. The quantitative estimate of drug-likeness (QED) is 0.662. The summed E-state index contributed by atoms with van der Waals surface area (Å²) in [6.07, 6.45) is 0. The summed E-state index contributed by atoms with van der Waals surface area (Å²) in [4.78, 5) is 26.1. The van der Waals surface area contributed by atoms with Crippen LogP contribution in [-0.4, -0.2) is 20.9 Å². The average molecular weight is 279 g/mol. The lowest BCUT2D eigenvalue weighted by molar-refractivity contribution is -0.385. The smallest absolute Gasteiger partial charge is 0.282 e. The summed E-state index contributed by atoms with van der Waals surface area (Å²) in [5, 5.41) is 24.7. The summed E-state index contributed by atoms with van der Waals surface area (Å²) in [6, 6.07) is 3.29. The standard InChI is InChI=1S/C11H9N3O4S/c1-6-5-19-11(12-6)13-10(16)8-4-7(15)2-3-9(8)14(17)18/h2-5,15H,1H3,(H,12,13,16). The number of phenolic OH excluding ortho intramolecular Hbond substituents is 1. The third-order valence-electron chi connectivity index (χ3n) is 2.26. The number of phenols is 1. The fourth-order valence-electron chi connectivity index (χ4n) is 1.44. The fourth-order valence-corrected chi connectivity index (χ4v) is 2.12. The van der Waals surface area contributed by atoms with Gasteiger partial charge in [-0.25, -0.2) is 4.98 Å². The number of anilines is 1. The van der Waals surface area contributed by atoms with Gasteiger partial charge in [0.05, 0.1) is 10.6 Å². The van der Waals surface area contributed by atoms with Crippen LogP contribution in [0, 0.1) is 17.0 Å². The molecule has 1 amide bonds. The van der Waals surface area contributed by atoms with Crippen LogP contribution in [0.15, 0.2) is 23.6 Å². The predicted octanol–water partition coefficient (Wildman–Crippen LogP) is 2.32. The Morgan fingerprint density at radius 2 is 2.26 bits per heavy atom. The monoisotopic (exact) mass is 279 g/mol. The number of nitro groups is 1. The van der Waals surface area contributed by atoms with Crippen LogP contribution in [0.3, 0.4) is 0 Å². The van der Waals surface area contributed by atoms with Crippen LogP contribution in [0.25, 0.3) is 0 Å². The molecular formula is C11H9N3O4S. The van der Waals surface area contributed by atoms with Crippen molar-refractivity contribution in [3.8, 4) is 5.75 Å². The molecular weight excluding hydrogens is 270 g/mol. The Bertz CT molecular complexity index is 653. The molecule has 1 heterocycles. The lowest BCUT2D eigenvalue weighted by Crippen LogP contribution is -2.13. The van der Waals surface area contributed by atoms with Gasteiger partial charge in [-0.05, 0) is 19.1 Å². The number of benzene rings is 1.